The van der Waals surface area contributed by atoms with E-state index in [9.17, 15) is 5.11 Å². The summed E-state index contributed by atoms with van der Waals surface area (Å²) in [6.45, 7) is 0.991. The van der Waals surface area contributed by atoms with E-state index in [2.05, 4.69) is 10.3 Å². The molecule has 0 amide bonds. The summed E-state index contributed by atoms with van der Waals surface area (Å²) in [6, 6.07) is 9.39. The summed E-state index contributed by atoms with van der Waals surface area (Å²) in [5.41, 5.74) is 8.17. The van der Waals surface area contributed by atoms with Gasteiger partial charge in [-0.3, -0.25) is 9.97 Å². The van der Waals surface area contributed by atoms with E-state index in [0.29, 0.717) is 5.69 Å². The average molecular weight is 427 g/mol. The summed E-state index contributed by atoms with van der Waals surface area (Å²) in [4.78, 5) is 9.29. The molecule has 1 aromatic carbocycles. The molecule has 0 fully saturated rings. The molecule has 0 atom stereocenters. The van der Waals surface area contributed by atoms with Crippen molar-refractivity contribution in [3.8, 4) is 5.75 Å². The van der Waals surface area contributed by atoms with Crippen LogP contribution in [0.3, 0.4) is 0 Å². The molecule has 6 nitrogen and oxygen atoms in total. The van der Waals surface area contributed by atoms with E-state index >= 15 is 0 Å². The van der Waals surface area contributed by atoms with Gasteiger partial charge in [0.05, 0.1) is 17.8 Å². The van der Waals surface area contributed by atoms with Crippen molar-refractivity contribution in [2.24, 2.45) is 0 Å². The normalized spacial score (nSPS) is 13.4. The lowest BCUT2D eigenvalue weighted by atomic mass is 9.92. The number of aryl methyl sites for hydroxylation is 2. The van der Waals surface area contributed by atoms with Crippen molar-refractivity contribution in [1.82, 2.24) is 15.4 Å². The summed E-state index contributed by atoms with van der Waals surface area (Å²) in [7, 11) is 0. The number of rotatable bonds is 8. The highest BCUT2D eigenvalue weighted by Gasteiger charge is 2.18. The maximum absolute atomic E-state index is 9.77. The monoisotopic (exact) mass is 426 g/mol. The number of aromatic hydroxyl groups is 1. The molecule has 0 bridgehead atoms. The van der Waals surface area contributed by atoms with Crippen LogP contribution in [0.1, 0.15) is 48.3 Å². The van der Waals surface area contributed by atoms with Crippen LogP contribution in [0.15, 0.2) is 30.3 Å². The lowest BCUT2D eigenvalue weighted by Gasteiger charge is -2.22. The van der Waals surface area contributed by atoms with Crippen LogP contribution in [0, 0.1) is 0 Å². The van der Waals surface area contributed by atoms with Gasteiger partial charge in [-0.25, -0.2) is 0 Å². The van der Waals surface area contributed by atoms with Crippen molar-refractivity contribution >= 4 is 28.2 Å². The van der Waals surface area contributed by atoms with Crippen LogP contribution in [0.2, 0.25) is 5.02 Å². The maximum Gasteiger partial charge on any atom is 0.138 e. The lowest BCUT2D eigenvalue weighted by molar-refractivity contribution is 0.158. The Morgan fingerprint density at radius 1 is 1.03 bits per heavy atom. The first-order valence-corrected chi connectivity index (χ1v) is 10.9. The second-order valence-corrected chi connectivity index (χ2v) is 8.20. The van der Waals surface area contributed by atoms with Gasteiger partial charge in [-0.2, -0.15) is 5.48 Å². The van der Waals surface area contributed by atoms with Gasteiger partial charge in [-0.15, -0.1) is 0 Å². The molecule has 0 spiro atoms. The van der Waals surface area contributed by atoms with Crippen molar-refractivity contribution in [3.63, 3.8) is 0 Å². The largest absolute Gasteiger partial charge is 0.506 e. The molecule has 4 N–H and O–H groups in total. The van der Waals surface area contributed by atoms with E-state index in [1.165, 1.54) is 29.8 Å². The van der Waals surface area contributed by atoms with Crippen LogP contribution in [0.25, 0.3) is 10.9 Å². The first kappa shape index (κ1) is 20.8. The predicted molar refractivity (Wildman–Crippen MR) is 119 cm³/mol. The smallest absolute Gasteiger partial charge is 0.138 e. The highest BCUT2D eigenvalue weighted by molar-refractivity contribution is 6.31. The quantitative estimate of drug-likeness (QED) is 0.306. The standard InChI is InChI=1S/C23H27ClN4O2/c24-15-8-10-20-18(13-15)23(17-6-1-2-7-19(17)28-20)25-12-4-3-5-16-9-11-22(29)21(27-16)14-26-30/h8-11,13,26,29-30H,1-7,12,14H2,(H,25,28). The molecule has 1 aliphatic rings. The van der Waals surface area contributed by atoms with Crippen molar-refractivity contribution in [2.45, 2.75) is 51.5 Å². The Kier molecular flexibility index (Phi) is 6.67. The number of aromatic nitrogens is 2. The second-order valence-electron chi connectivity index (χ2n) is 7.77. The highest BCUT2D eigenvalue weighted by atomic mass is 35.5. The molecule has 1 aliphatic carbocycles. The molecule has 0 unspecified atom stereocenters. The minimum absolute atomic E-state index is 0.0926. The van der Waals surface area contributed by atoms with Gasteiger partial charge < -0.3 is 15.6 Å². The maximum atomic E-state index is 9.77. The summed E-state index contributed by atoms with van der Waals surface area (Å²) in [5.74, 6) is 0.0926. The Morgan fingerprint density at radius 3 is 2.77 bits per heavy atom. The molecule has 4 rings (SSSR count). The van der Waals surface area contributed by atoms with Gasteiger partial charge in [0.15, 0.2) is 0 Å². The third-order valence-corrected chi connectivity index (χ3v) is 5.87. The zero-order chi connectivity index (χ0) is 20.9. The number of halogens is 1. The first-order chi connectivity index (χ1) is 14.7. The van der Waals surface area contributed by atoms with Crippen LogP contribution in [-0.4, -0.2) is 26.8 Å². The lowest BCUT2D eigenvalue weighted by Crippen LogP contribution is -2.12. The number of hydroxylamine groups is 1. The van der Waals surface area contributed by atoms with E-state index in [0.717, 1.165) is 60.3 Å². The zero-order valence-electron chi connectivity index (χ0n) is 16.9. The van der Waals surface area contributed by atoms with Crippen LogP contribution >= 0.6 is 11.6 Å². The Morgan fingerprint density at radius 2 is 1.90 bits per heavy atom. The minimum Gasteiger partial charge on any atom is -0.506 e. The fraction of sp³-hybridized carbons (Fsp3) is 0.391. The number of nitrogens with zero attached hydrogens (tertiary/aromatic N) is 2. The number of unbranched alkanes of at least 4 members (excludes halogenated alkanes) is 1. The Bertz CT molecular complexity index is 1040. The van der Waals surface area contributed by atoms with Crippen molar-refractivity contribution < 1.29 is 10.3 Å². The molecule has 0 radical (unpaired) electrons. The van der Waals surface area contributed by atoms with E-state index < -0.39 is 0 Å². The number of pyridine rings is 2. The number of nitrogens with one attached hydrogen (secondary N) is 2. The molecular formula is C23H27ClN4O2. The van der Waals surface area contributed by atoms with E-state index in [1.54, 1.807) is 6.07 Å². The van der Waals surface area contributed by atoms with Crippen molar-refractivity contribution in [2.75, 3.05) is 11.9 Å². The Labute approximate surface area is 181 Å². The molecule has 158 valence electrons. The molecule has 2 aromatic heterocycles. The van der Waals surface area contributed by atoms with Crippen molar-refractivity contribution in [1.29, 1.82) is 0 Å². The van der Waals surface area contributed by atoms with Gasteiger partial charge in [0.2, 0.25) is 0 Å². The fourth-order valence-corrected chi connectivity index (χ4v) is 4.30. The van der Waals surface area contributed by atoms with E-state index in [-0.39, 0.29) is 12.3 Å². The number of fused-ring (bicyclic) bond motifs is 2. The topological polar surface area (TPSA) is 90.3 Å². The average Bonchev–Trinajstić information content (AvgIpc) is 2.75. The molecule has 2 heterocycles. The van der Waals surface area contributed by atoms with Gasteiger partial charge in [0.25, 0.3) is 0 Å². The number of benzene rings is 1. The van der Waals surface area contributed by atoms with E-state index in [4.69, 9.17) is 21.8 Å². The first-order valence-electron chi connectivity index (χ1n) is 10.6. The van der Waals surface area contributed by atoms with E-state index in [1.807, 2.05) is 29.7 Å². The molecule has 3 aromatic rings. The summed E-state index contributed by atoms with van der Waals surface area (Å²) in [6.07, 6.45) is 7.30. The van der Waals surface area contributed by atoms with Gasteiger partial charge >= 0.3 is 0 Å². The molecule has 0 aliphatic heterocycles. The Balaban J connectivity index is 1.42. The van der Waals surface area contributed by atoms with Gasteiger partial charge in [-0.05, 0) is 80.8 Å². The van der Waals surface area contributed by atoms with Crippen molar-refractivity contribution in [3.05, 3.63) is 58.0 Å². The van der Waals surface area contributed by atoms with Crippen LogP contribution in [0.5, 0.6) is 5.75 Å². The van der Waals surface area contributed by atoms with Gasteiger partial charge in [-0.1, -0.05) is 11.6 Å². The molecule has 7 heteroatoms. The summed E-state index contributed by atoms with van der Waals surface area (Å²) >= 11 is 6.27. The highest BCUT2D eigenvalue weighted by Crippen LogP contribution is 2.34. The SMILES string of the molecule is ONCc1nc(CCCCNc2c3c(nc4ccc(Cl)cc24)CCCC3)ccc1O. The Hall–Kier alpha value is -2.41. The third kappa shape index (κ3) is 4.67. The van der Waals surface area contributed by atoms with Crippen LogP contribution in [-0.2, 0) is 25.8 Å². The number of hydrogen-bond donors (Lipinski definition) is 4. The number of anilines is 1. The minimum atomic E-state index is 0.0926. The molecule has 0 saturated heterocycles. The predicted octanol–water partition coefficient (Wildman–Crippen LogP) is 4.78. The molecule has 30 heavy (non-hydrogen) atoms. The number of hydrogen-bond acceptors (Lipinski definition) is 6. The van der Waals surface area contributed by atoms with Crippen LogP contribution < -0.4 is 10.8 Å². The molecule has 0 saturated carbocycles. The summed E-state index contributed by atoms with van der Waals surface area (Å²) in [5, 5.41) is 24.1. The fourth-order valence-electron chi connectivity index (χ4n) is 4.13. The van der Waals surface area contributed by atoms with Gasteiger partial charge in [0, 0.05) is 34.0 Å². The zero-order valence-corrected chi connectivity index (χ0v) is 17.7. The van der Waals surface area contributed by atoms with Crippen LogP contribution in [0.4, 0.5) is 5.69 Å². The second kappa shape index (κ2) is 9.60. The third-order valence-electron chi connectivity index (χ3n) is 5.64. The molecular weight excluding hydrogens is 400 g/mol. The van der Waals surface area contributed by atoms with Gasteiger partial charge in [0.1, 0.15) is 5.75 Å². The summed E-state index contributed by atoms with van der Waals surface area (Å²) < 4.78 is 0.